The van der Waals surface area contributed by atoms with Gasteiger partial charge in [0, 0.05) is 43.6 Å². The van der Waals surface area contributed by atoms with Crippen molar-refractivity contribution in [2.45, 2.75) is 44.6 Å². The lowest BCUT2D eigenvalue weighted by molar-refractivity contribution is -0.164. The van der Waals surface area contributed by atoms with E-state index in [0.29, 0.717) is 6.42 Å². The topological polar surface area (TPSA) is 51.7 Å². The number of likely N-dealkylation sites (tertiary alicyclic amines) is 1. The van der Waals surface area contributed by atoms with Crippen molar-refractivity contribution in [3.05, 3.63) is 30.1 Å². The molecule has 0 N–H and O–H groups in total. The van der Waals surface area contributed by atoms with Gasteiger partial charge in [0.25, 0.3) is 0 Å². The Morgan fingerprint density at radius 1 is 1.36 bits per heavy atom. The molecule has 1 saturated carbocycles. The minimum absolute atomic E-state index is 0.0227. The summed E-state index contributed by atoms with van der Waals surface area (Å²) in [6.07, 6.45) is 8.05. The van der Waals surface area contributed by atoms with E-state index in [2.05, 4.69) is 4.98 Å². The van der Waals surface area contributed by atoms with E-state index < -0.39 is 0 Å². The smallest absolute Gasteiger partial charge is 0.228 e. The lowest BCUT2D eigenvalue weighted by Gasteiger charge is -2.50. The molecule has 3 aliphatic rings. The third-order valence-electron chi connectivity index (χ3n) is 5.84. The number of aromatic nitrogens is 1. The minimum atomic E-state index is -0.0227. The monoisotopic (exact) mass is 344 g/mol. The second-order valence-electron chi connectivity index (χ2n) is 7.89. The minimum Gasteiger partial charge on any atom is -0.380 e. The summed E-state index contributed by atoms with van der Waals surface area (Å²) in [5.41, 5.74) is 0.819. The Labute approximate surface area is 149 Å². The fraction of sp³-hybridized carbons (Fsp3) is 0.700. The Kier molecular flexibility index (Phi) is 5.04. The van der Waals surface area contributed by atoms with Crippen molar-refractivity contribution in [2.75, 3.05) is 32.9 Å². The molecule has 5 nitrogen and oxygen atoms in total. The molecule has 25 heavy (non-hydrogen) atoms. The quantitative estimate of drug-likeness (QED) is 0.795. The first-order valence-electron chi connectivity index (χ1n) is 9.62. The fourth-order valence-electron chi connectivity index (χ4n) is 4.20. The Morgan fingerprint density at radius 3 is 3.08 bits per heavy atom. The maximum Gasteiger partial charge on any atom is 0.228 e. The zero-order valence-electron chi connectivity index (χ0n) is 14.9. The van der Waals surface area contributed by atoms with E-state index in [4.69, 9.17) is 9.47 Å². The Hall–Kier alpha value is -1.46. The lowest BCUT2D eigenvalue weighted by Crippen LogP contribution is -2.58. The molecule has 0 radical (unpaired) electrons. The van der Waals surface area contributed by atoms with Gasteiger partial charge in [0.1, 0.15) is 0 Å². The van der Waals surface area contributed by atoms with E-state index in [1.807, 2.05) is 23.1 Å². The van der Waals surface area contributed by atoms with Crippen LogP contribution in [0.25, 0.3) is 0 Å². The van der Waals surface area contributed by atoms with Gasteiger partial charge in [0.15, 0.2) is 0 Å². The average Bonchev–Trinajstić information content (AvgIpc) is 3.46. The number of amides is 1. The summed E-state index contributed by atoms with van der Waals surface area (Å²) >= 11 is 0. The van der Waals surface area contributed by atoms with Gasteiger partial charge in [-0.2, -0.15) is 0 Å². The maximum absolute atomic E-state index is 12.8. The van der Waals surface area contributed by atoms with Crippen LogP contribution >= 0.6 is 0 Å². The van der Waals surface area contributed by atoms with Gasteiger partial charge in [-0.05, 0) is 50.2 Å². The van der Waals surface area contributed by atoms with Crippen LogP contribution in [0.3, 0.4) is 0 Å². The largest absolute Gasteiger partial charge is 0.380 e. The van der Waals surface area contributed by atoms with Crippen molar-refractivity contribution in [2.24, 2.45) is 11.3 Å². The van der Waals surface area contributed by atoms with E-state index in [-0.39, 0.29) is 17.4 Å². The van der Waals surface area contributed by atoms with Gasteiger partial charge in [-0.15, -0.1) is 0 Å². The molecule has 2 saturated heterocycles. The summed E-state index contributed by atoms with van der Waals surface area (Å²) in [4.78, 5) is 19.1. The number of rotatable bonds is 6. The number of hydrogen-bond donors (Lipinski definition) is 0. The summed E-state index contributed by atoms with van der Waals surface area (Å²) in [5.74, 6) is 0.939. The van der Waals surface area contributed by atoms with Crippen molar-refractivity contribution in [1.82, 2.24) is 9.88 Å². The van der Waals surface area contributed by atoms with E-state index in [1.54, 1.807) is 6.20 Å². The molecule has 1 aromatic heterocycles. The third-order valence-corrected chi connectivity index (χ3v) is 5.84. The number of ether oxygens (including phenoxy) is 2. The second-order valence-corrected chi connectivity index (χ2v) is 7.89. The van der Waals surface area contributed by atoms with E-state index in [0.717, 1.165) is 63.8 Å². The summed E-state index contributed by atoms with van der Waals surface area (Å²) in [7, 11) is 0. The van der Waals surface area contributed by atoms with Crippen LogP contribution in [0.2, 0.25) is 0 Å². The third kappa shape index (κ3) is 4.04. The van der Waals surface area contributed by atoms with Gasteiger partial charge in [-0.25, -0.2) is 0 Å². The zero-order valence-corrected chi connectivity index (χ0v) is 14.9. The van der Waals surface area contributed by atoms with Gasteiger partial charge in [-0.3, -0.25) is 9.78 Å². The number of carbonyl (C=O) groups excluding carboxylic acids is 1. The molecule has 1 aliphatic carbocycles. The summed E-state index contributed by atoms with van der Waals surface area (Å²) < 4.78 is 12.1. The highest BCUT2D eigenvalue weighted by Gasteiger charge is 2.47. The molecule has 2 atom stereocenters. The molecule has 2 aliphatic heterocycles. The Balaban J connectivity index is 1.40. The van der Waals surface area contributed by atoms with Crippen LogP contribution in [0, 0.1) is 11.3 Å². The predicted molar refractivity (Wildman–Crippen MR) is 94.1 cm³/mol. The number of fused-ring (bicyclic) bond motifs is 1. The molecule has 3 fully saturated rings. The molecule has 3 heterocycles. The maximum atomic E-state index is 12.8. The molecule has 136 valence electrons. The molecular weight excluding hydrogens is 316 g/mol. The van der Waals surface area contributed by atoms with Crippen molar-refractivity contribution in [3.8, 4) is 0 Å². The van der Waals surface area contributed by atoms with Crippen molar-refractivity contribution >= 4 is 5.91 Å². The highest BCUT2D eigenvalue weighted by molar-refractivity contribution is 5.78. The molecule has 2 unspecified atom stereocenters. The molecule has 1 amide bonds. The van der Waals surface area contributed by atoms with Gasteiger partial charge >= 0.3 is 0 Å². The summed E-state index contributed by atoms with van der Waals surface area (Å²) in [6.45, 7) is 3.98. The number of carbonyl (C=O) groups is 1. The van der Waals surface area contributed by atoms with Crippen molar-refractivity contribution < 1.29 is 14.3 Å². The number of piperidine rings is 1. The lowest BCUT2D eigenvalue weighted by atomic mass is 9.73. The van der Waals surface area contributed by atoms with Crippen LogP contribution in [0.15, 0.2) is 24.4 Å². The molecule has 5 heteroatoms. The summed E-state index contributed by atoms with van der Waals surface area (Å²) in [6, 6.07) is 5.73. The van der Waals surface area contributed by atoms with Gasteiger partial charge in [-0.1, -0.05) is 6.07 Å². The van der Waals surface area contributed by atoms with Gasteiger partial charge < -0.3 is 14.4 Å². The first-order chi connectivity index (χ1) is 12.3. The summed E-state index contributed by atoms with van der Waals surface area (Å²) in [5, 5.41) is 0. The van der Waals surface area contributed by atoms with E-state index in [9.17, 15) is 4.79 Å². The van der Waals surface area contributed by atoms with Crippen LogP contribution in [-0.4, -0.2) is 54.8 Å². The van der Waals surface area contributed by atoms with Crippen LogP contribution in [0.1, 0.15) is 37.8 Å². The Morgan fingerprint density at radius 2 is 2.28 bits per heavy atom. The highest BCUT2D eigenvalue weighted by atomic mass is 16.5. The van der Waals surface area contributed by atoms with Crippen LogP contribution in [-0.2, 0) is 20.7 Å². The van der Waals surface area contributed by atoms with Crippen LogP contribution in [0.4, 0.5) is 0 Å². The standard InChI is InChI=1S/C20H28N2O3/c23-19(12-17-4-1-2-9-21-17)22-10-7-18-20(14-22,8-3-11-25-18)15-24-13-16-5-6-16/h1-2,4,9,16,18H,3,5-8,10-15H2. The molecule has 0 spiro atoms. The predicted octanol–water partition coefficient (Wildman–Crippen LogP) is 2.45. The molecule has 0 aromatic carbocycles. The van der Waals surface area contributed by atoms with Gasteiger partial charge in [0.2, 0.25) is 5.91 Å². The highest BCUT2D eigenvalue weighted by Crippen LogP contribution is 2.41. The first-order valence-corrected chi connectivity index (χ1v) is 9.62. The van der Waals surface area contributed by atoms with Crippen molar-refractivity contribution in [1.29, 1.82) is 0 Å². The first kappa shape index (κ1) is 17.0. The average molecular weight is 344 g/mol. The van der Waals surface area contributed by atoms with Gasteiger partial charge in [0.05, 0.1) is 19.1 Å². The van der Waals surface area contributed by atoms with Crippen molar-refractivity contribution in [3.63, 3.8) is 0 Å². The zero-order chi connectivity index (χ0) is 17.1. The molecular formula is C20H28N2O3. The molecule has 4 rings (SSSR count). The van der Waals surface area contributed by atoms with E-state index in [1.165, 1.54) is 12.8 Å². The van der Waals surface area contributed by atoms with E-state index >= 15 is 0 Å². The molecule has 0 bridgehead atoms. The number of nitrogens with zero attached hydrogens (tertiary/aromatic N) is 2. The number of pyridine rings is 1. The molecule has 1 aromatic rings. The Bertz CT molecular complexity index is 590. The van der Waals surface area contributed by atoms with Crippen LogP contribution < -0.4 is 0 Å². The normalized spacial score (nSPS) is 29.3. The fourth-order valence-corrected chi connectivity index (χ4v) is 4.20. The number of hydrogen-bond acceptors (Lipinski definition) is 4. The SMILES string of the molecule is O=C(Cc1ccccn1)N1CCC2OCCCC2(COCC2CC2)C1. The van der Waals surface area contributed by atoms with Crippen LogP contribution in [0.5, 0.6) is 0 Å². The second kappa shape index (κ2) is 7.42.